The Morgan fingerprint density at radius 1 is 1.42 bits per heavy atom. The van der Waals surface area contributed by atoms with Crippen molar-refractivity contribution in [3.8, 4) is 11.3 Å². The molecule has 0 aliphatic heterocycles. The third-order valence-corrected chi connectivity index (χ3v) is 3.00. The molecule has 2 heterocycles. The standard InChI is InChI=1S/C13H10ClN3O2/c14-9-3-1-2-8(4-9)11-6-12-15-10(5-13(18)19)7-17(12)16-11/h1-4,6-7,16H,5H2,(H,18,19). The predicted octanol–water partition coefficient (Wildman–Crippen LogP) is 2.61. The predicted molar refractivity (Wildman–Crippen MR) is 71.3 cm³/mol. The topological polar surface area (TPSA) is 70.4 Å². The first-order valence-electron chi connectivity index (χ1n) is 5.66. The van der Waals surface area contributed by atoms with Crippen LogP contribution in [0, 0.1) is 0 Å². The van der Waals surface area contributed by atoms with Crippen LogP contribution in [-0.4, -0.2) is 25.7 Å². The molecule has 0 radical (unpaired) electrons. The summed E-state index contributed by atoms with van der Waals surface area (Å²) >= 11 is 5.95. The number of aromatic nitrogens is 3. The molecular weight excluding hydrogens is 266 g/mol. The van der Waals surface area contributed by atoms with Crippen LogP contribution < -0.4 is 0 Å². The number of hydrogen-bond donors (Lipinski definition) is 2. The van der Waals surface area contributed by atoms with E-state index in [0.717, 1.165) is 11.3 Å². The number of carboxylic acids is 1. The van der Waals surface area contributed by atoms with E-state index in [-0.39, 0.29) is 6.42 Å². The van der Waals surface area contributed by atoms with E-state index in [0.29, 0.717) is 16.4 Å². The smallest absolute Gasteiger partial charge is 0.309 e. The van der Waals surface area contributed by atoms with Crippen LogP contribution in [0.25, 0.3) is 16.9 Å². The highest BCUT2D eigenvalue weighted by Gasteiger charge is 2.09. The second-order valence-corrected chi connectivity index (χ2v) is 4.65. The van der Waals surface area contributed by atoms with E-state index in [1.807, 2.05) is 30.3 Å². The molecule has 3 rings (SSSR count). The summed E-state index contributed by atoms with van der Waals surface area (Å²) in [5.41, 5.74) is 3.05. The van der Waals surface area contributed by atoms with Crippen LogP contribution in [0.15, 0.2) is 36.5 Å². The molecule has 1 aromatic carbocycles. The summed E-state index contributed by atoms with van der Waals surface area (Å²) in [7, 11) is 0. The van der Waals surface area contributed by atoms with Crippen LogP contribution >= 0.6 is 11.6 Å². The van der Waals surface area contributed by atoms with Crippen molar-refractivity contribution in [3.05, 3.63) is 47.2 Å². The van der Waals surface area contributed by atoms with Gasteiger partial charge in [-0.1, -0.05) is 23.7 Å². The fourth-order valence-corrected chi connectivity index (χ4v) is 2.16. The number of aromatic amines is 1. The van der Waals surface area contributed by atoms with E-state index in [2.05, 4.69) is 10.1 Å². The van der Waals surface area contributed by atoms with Crippen LogP contribution in [-0.2, 0) is 11.2 Å². The van der Waals surface area contributed by atoms with Crippen LogP contribution in [0.1, 0.15) is 5.69 Å². The van der Waals surface area contributed by atoms with Crippen molar-refractivity contribution < 1.29 is 9.90 Å². The molecule has 96 valence electrons. The lowest BCUT2D eigenvalue weighted by Crippen LogP contribution is -1.99. The highest BCUT2D eigenvalue weighted by Crippen LogP contribution is 2.22. The number of H-pyrrole nitrogens is 1. The molecule has 0 spiro atoms. The van der Waals surface area contributed by atoms with Gasteiger partial charge in [0.15, 0.2) is 5.65 Å². The Bertz CT molecular complexity index is 729. The maximum absolute atomic E-state index is 10.6. The zero-order chi connectivity index (χ0) is 13.4. The fourth-order valence-electron chi connectivity index (χ4n) is 1.97. The summed E-state index contributed by atoms with van der Waals surface area (Å²) in [6.07, 6.45) is 1.60. The lowest BCUT2D eigenvalue weighted by atomic mass is 10.1. The Labute approximate surface area is 113 Å². The molecule has 5 nitrogen and oxygen atoms in total. The second kappa shape index (κ2) is 4.44. The zero-order valence-corrected chi connectivity index (χ0v) is 10.6. The van der Waals surface area contributed by atoms with Gasteiger partial charge in [-0.25, -0.2) is 9.50 Å². The molecule has 0 saturated heterocycles. The Morgan fingerprint density at radius 3 is 2.95 bits per heavy atom. The third-order valence-electron chi connectivity index (χ3n) is 2.77. The van der Waals surface area contributed by atoms with Crippen molar-refractivity contribution in [1.29, 1.82) is 0 Å². The quantitative estimate of drug-likeness (QED) is 0.772. The summed E-state index contributed by atoms with van der Waals surface area (Å²) in [6.45, 7) is 0. The summed E-state index contributed by atoms with van der Waals surface area (Å²) in [5, 5.41) is 12.5. The van der Waals surface area contributed by atoms with Gasteiger partial charge >= 0.3 is 5.97 Å². The Morgan fingerprint density at radius 2 is 2.26 bits per heavy atom. The van der Waals surface area contributed by atoms with Gasteiger partial charge in [-0.2, -0.15) is 0 Å². The van der Waals surface area contributed by atoms with Crippen molar-refractivity contribution in [3.63, 3.8) is 0 Å². The number of fused-ring (bicyclic) bond motifs is 1. The molecule has 0 aliphatic rings. The van der Waals surface area contributed by atoms with Gasteiger partial charge in [0.1, 0.15) is 0 Å². The molecule has 6 heteroatoms. The average molecular weight is 276 g/mol. The second-order valence-electron chi connectivity index (χ2n) is 4.21. The van der Waals surface area contributed by atoms with E-state index in [1.54, 1.807) is 10.7 Å². The first kappa shape index (κ1) is 11.8. The van der Waals surface area contributed by atoms with Gasteiger partial charge in [0.25, 0.3) is 0 Å². The van der Waals surface area contributed by atoms with E-state index in [9.17, 15) is 4.79 Å². The van der Waals surface area contributed by atoms with Crippen molar-refractivity contribution >= 4 is 23.2 Å². The van der Waals surface area contributed by atoms with E-state index >= 15 is 0 Å². The summed E-state index contributed by atoms with van der Waals surface area (Å²) in [5.74, 6) is -0.893. The number of benzene rings is 1. The first-order valence-corrected chi connectivity index (χ1v) is 6.04. The molecule has 0 atom stereocenters. The summed E-state index contributed by atoms with van der Waals surface area (Å²) in [4.78, 5) is 14.9. The highest BCUT2D eigenvalue weighted by atomic mass is 35.5. The normalized spacial score (nSPS) is 11.0. The number of aliphatic carboxylic acids is 1. The van der Waals surface area contributed by atoms with E-state index in [1.165, 1.54) is 0 Å². The van der Waals surface area contributed by atoms with Crippen molar-refractivity contribution in [2.75, 3.05) is 0 Å². The minimum Gasteiger partial charge on any atom is -0.481 e. The maximum Gasteiger partial charge on any atom is 0.309 e. The lowest BCUT2D eigenvalue weighted by molar-refractivity contribution is -0.136. The number of nitrogens with one attached hydrogen (secondary N) is 1. The van der Waals surface area contributed by atoms with Gasteiger partial charge in [0, 0.05) is 16.7 Å². The lowest BCUT2D eigenvalue weighted by Gasteiger charge is -1.97. The van der Waals surface area contributed by atoms with Crippen LogP contribution in [0.4, 0.5) is 0 Å². The maximum atomic E-state index is 10.6. The van der Waals surface area contributed by atoms with Crippen LogP contribution in [0.2, 0.25) is 5.02 Å². The van der Waals surface area contributed by atoms with Gasteiger partial charge in [-0.15, -0.1) is 0 Å². The number of carbonyl (C=O) groups is 1. The van der Waals surface area contributed by atoms with Gasteiger partial charge < -0.3 is 5.11 Å². The minimum absolute atomic E-state index is 0.0813. The molecule has 0 fully saturated rings. The Kier molecular flexibility index (Phi) is 2.76. The van der Waals surface area contributed by atoms with Gasteiger partial charge in [-0.05, 0) is 12.1 Å². The molecule has 2 aromatic heterocycles. The molecule has 0 aliphatic carbocycles. The van der Waals surface area contributed by atoms with Gasteiger partial charge in [0.05, 0.1) is 24.0 Å². The van der Waals surface area contributed by atoms with E-state index < -0.39 is 5.97 Å². The number of rotatable bonds is 3. The fraction of sp³-hybridized carbons (Fsp3) is 0.0769. The number of halogens is 1. The Hall–Kier alpha value is -2.27. The molecule has 19 heavy (non-hydrogen) atoms. The SMILES string of the molecule is O=C(O)Cc1cn2[nH]c(-c3cccc(Cl)c3)cc2n1. The molecular formula is C13H10ClN3O2. The minimum atomic E-state index is -0.893. The van der Waals surface area contributed by atoms with Crippen LogP contribution in [0.3, 0.4) is 0 Å². The monoisotopic (exact) mass is 275 g/mol. The molecule has 0 bridgehead atoms. The number of hydrogen-bond acceptors (Lipinski definition) is 2. The number of carboxylic acid groups (broad SMARTS) is 1. The first-order chi connectivity index (χ1) is 9.11. The van der Waals surface area contributed by atoms with Crippen molar-refractivity contribution in [1.82, 2.24) is 14.6 Å². The largest absolute Gasteiger partial charge is 0.481 e. The molecule has 0 saturated carbocycles. The average Bonchev–Trinajstić information content (AvgIpc) is 2.85. The highest BCUT2D eigenvalue weighted by molar-refractivity contribution is 6.30. The Balaban J connectivity index is 1.99. The van der Waals surface area contributed by atoms with Gasteiger partial charge in [-0.3, -0.25) is 9.89 Å². The van der Waals surface area contributed by atoms with E-state index in [4.69, 9.17) is 16.7 Å². The molecule has 3 aromatic rings. The molecule has 2 N–H and O–H groups in total. The number of imidazole rings is 1. The van der Waals surface area contributed by atoms with Crippen molar-refractivity contribution in [2.45, 2.75) is 6.42 Å². The van der Waals surface area contributed by atoms with Crippen LogP contribution in [0.5, 0.6) is 0 Å². The number of nitrogens with zero attached hydrogens (tertiary/aromatic N) is 2. The third kappa shape index (κ3) is 2.32. The van der Waals surface area contributed by atoms with Crippen molar-refractivity contribution in [2.24, 2.45) is 0 Å². The molecule has 0 amide bonds. The molecule has 0 unspecified atom stereocenters. The zero-order valence-electron chi connectivity index (χ0n) is 9.80. The van der Waals surface area contributed by atoms with Gasteiger partial charge in [0.2, 0.25) is 0 Å². The summed E-state index contributed by atoms with van der Waals surface area (Å²) < 4.78 is 1.70. The summed E-state index contributed by atoms with van der Waals surface area (Å²) in [6, 6.07) is 9.33.